The van der Waals surface area contributed by atoms with Gasteiger partial charge in [-0.05, 0) is 23.3 Å². The molecule has 2 aromatic carbocycles. The number of anilines is 4. The summed E-state index contributed by atoms with van der Waals surface area (Å²) >= 11 is 0. The van der Waals surface area contributed by atoms with Crippen molar-refractivity contribution >= 4 is 23.1 Å². The maximum atomic E-state index is 6.73. The van der Waals surface area contributed by atoms with Gasteiger partial charge >= 0.3 is 0 Å². The number of pyridine rings is 1. The summed E-state index contributed by atoms with van der Waals surface area (Å²) < 4.78 is 0. The first-order valence-electron chi connectivity index (χ1n) is 11.6. The summed E-state index contributed by atoms with van der Waals surface area (Å²) in [4.78, 5) is 20.5. The van der Waals surface area contributed by atoms with Crippen molar-refractivity contribution < 1.29 is 0 Å². The van der Waals surface area contributed by atoms with Crippen molar-refractivity contribution in [3.05, 3.63) is 103 Å². The number of nitrogens with two attached hydrogens (primary N) is 1. The van der Waals surface area contributed by atoms with Crippen LogP contribution in [0.25, 0.3) is 0 Å². The fraction of sp³-hybridized carbons (Fsp3) is 0.222. The van der Waals surface area contributed by atoms with E-state index >= 15 is 0 Å². The molecule has 7 heteroatoms. The number of piperazine rings is 1. The first kappa shape index (κ1) is 21.7. The number of hydrogen-bond donors (Lipinski definition) is 1. The Morgan fingerprint density at radius 3 is 1.85 bits per heavy atom. The lowest BCUT2D eigenvalue weighted by atomic mass is 10.1. The topological polar surface area (TPSA) is 74.4 Å². The third kappa shape index (κ3) is 4.93. The summed E-state index contributed by atoms with van der Waals surface area (Å²) in [5.41, 5.74) is 9.78. The van der Waals surface area contributed by atoms with Crippen LogP contribution in [0.5, 0.6) is 0 Å². The Morgan fingerprint density at radius 1 is 0.676 bits per heavy atom. The molecule has 0 radical (unpaired) electrons. The van der Waals surface area contributed by atoms with E-state index in [1.165, 1.54) is 11.1 Å². The van der Waals surface area contributed by atoms with E-state index in [1.807, 2.05) is 30.5 Å². The summed E-state index contributed by atoms with van der Waals surface area (Å²) in [6, 6.07) is 26.9. The minimum Gasteiger partial charge on any atom is -0.393 e. The minimum atomic E-state index is 0.626. The zero-order chi connectivity index (χ0) is 23.2. The van der Waals surface area contributed by atoms with Crippen LogP contribution < -0.4 is 20.4 Å². The van der Waals surface area contributed by atoms with Gasteiger partial charge in [0.25, 0.3) is 0 Å². The van der Waals surface area contributed by atoms with Crippen molar-refractivity contribution in [1.82, 2.24) is 15.0 Å². The highest BCUT2D eigenvalue weighted by Crippen LogP contribution is 2.31. The SMILES string of the molecule is Nc1c(N2CCN(c3ccccn3)CC2)ncnc1N(Cc1ccccc1)Cc1ccccc1. The van der Waals surface area contributed by atoms with Gasteiger partial charge in [0.05, 0.1) is 0 Å². The highest BCUT2D eigenvalue weighted by Gasteiger charge is 2.24. The number of aromatic nitrogens is 3. The van der Waals surface area contributed by atoms with Crippen LogP contribution in [0.1, 0.15) is 11.1 Å². The summed E-state index contributed by atoms with van der Waals surface area (Å²) in [6.07, 6.45) is 3.47. The molecule has 0 unspecified atom stereocenters. The van der Waals surface area contributed by atoms with Crippen molar-refractivity contribution in [1.29, 1.82) is 0 Å². The Hall–Kier alpha value is -4.13. The molecule has 1 saturated heterocycles. The molecule has 0 aliphatic carbocycles. The van der Waals surface area contributed by atoms with Crippen LogP contribution in [0.15, 0.2) is 91.4 Å². The van der Waals surface area contributed by atoms with E-state index in [0.717, 1.165) is 43.6 Å². The van der Waals surface area contributed by atoms with E-state index in [2.05, 4.69) is 84.2 Å². The number of nitrogens with zero attached hydrogens (tertiary/aromatic N) is 6. The molecule has 1 fully saturated rings. The second kappa shape index (κ2) is 10.2. The molecule has 7 nitrogen and oxygen atoms in total. The molecule has 0 spiro atoms. The molecular weight excluding hydrogens is 422 g/mol. The predicted molar refractivity (Wildman–Crippen MR) is 138 cm³/mol. The lowest BCUT2D eigenvalue weighted by molar-refractivity contribution is 0.641. The summed E-state index contributed by atoms with van der Waals surface area (Å²) in [5, 5.41) is 0. The molecule has 3 heterocycles. The Kier molecular flexibility index (Phi) is 6.52. The van der Waals surface area contributed by atoms with Gasteiger partial charge in [0.15, 0.2) is 11.6 Å². The Bertz CT molecular complexity index is 1140. The smallest absolute Gasteiger partial charge is 0.158 e. The molecule has 4 aromatic rings. The second-order valence-corrected chi connectivity index (χ2v) is 8.42. The fourth-order valence-corrected chi connectivity index (χ4v) is 4.38. The van der Waals surface area contributed by atoms with Crippen LogP contribution in [0.2, 0.25) is 0 Å². The Labute approximate surface area is 200 Å². The largest absolute Gasteiger partial charge is 0.393 e. The van der Waals surface area contributed by atoms with E-state index < -0.39 is 0 Å². The number of hydrogen-bond acceptors (Lipinski definition) is 7. The van der Waals surface area contributed by atoms with E-state index in [9.17, 15) is 0 Å². The van der Waals surface area contributed by atoms with E-state index in [-0.39, 0.29) is 0 Å². The van der Waals surface area contributed by atoms with Crippen LogP contribution in [-0.4, -0.2) is 41.1 Å². The molecule has 0 saturated carbocycles. The number of nitrogen functional groups attached to an aromatic ring is 1. The maximum Gasteiger partial charge on any atom is 0.158 e. The van der Waals surface area contributed by atoms with Gasteiger partial charge in [-0.1, -0.05) is 66.7 Å². The normalized spacial score (nSPS) is 13.6. The first-order chi connectivity index (χ1) is 16.8. The quantitative estimate of drug-likeness (QED) is 0.455. The molecule has 0 atom stereocenters. The van der Waals surface area contributed by atoms with Crippen LogP contribution in [-0.2, 0) is 13.1 Å². The summed E-state index contributed by atoms with van der Waals surface area (Å²) in [5.74, 6) is 2.58. The molecule has 0 amide bonds. The van der Waals surface area contributed by atoms with E-state index in [1.54, 1.807) is 6.33 Å². The summed E-state index contributed by atoms with van der Waals surface area (Å²) in [7, 11) is 0. The van der Waals surface area contributed by atoms with Gasteiger partial charge in [-0.3, -0.25) is 0 Å². The first-order valence-corrected chi connectivity index (χ1v) is 11.6. The van der Waals surface area contributed by atoms with Crippen LogP contribution >= 0.6 is 0 Å². The number of benzene rings is 2. The van der Waals surface area contributed by atoms with E-state index in [4.69, 9.17) is 5.73 Å². The Balaban J connectivity index is 1.38. The molecule has 172 valence electrons. The number of rotatable bonds is 7. The third-order valence-electron chi connectivity index (χ3n) is 6.13. The predicted octanol–water partition coefficient (Wildman–Crippen LogP) is 3.99. The van der Waals surface area contributed by atoms with Gasteiger partial charge in [0, 0.05) is 45.5 Å². The fourth-order valence-electron chi connectivity index (χ4n) is 4.38. The molecule has 5 rings (SSSR count). The maximum absolute atomic E-state index is 6.73. The van der Waals surface area contributed by atoms with Crippen molar-refractivity contribution in [3.63, 3.8) is 0 Å². The highest BCUT2D eigenvalue weighted by atomic mass is 15.3. The lowest BCUT2D eigenvalue weighted by Gasteiger charge is -2.37. The van der Waals surface area contributed by atoms with E-state index in [0.29, 0.717) is 18.8 Å². The van der Waals surface area contributed by atoms with Crippen molar-refractivity contribution in [3.8, 4) is 0 Å². The molecule has 0 bridgehead atoms. The second-order valence-electron chi connectivity index (χ2n) is 8.42. The average molecular weight is 452 g/mol. The van der Waals surface area contributed by atoms with Crippen molar-refractivity contribution in [2.24, 2.45) is 0 Å². The zero-order valence-electron chi connectivity index (χ0n) is 19.2. The Morgan fingerprint density at radius 2 is 1.26 bits per heavy atom. The van der Waals surface area contributed by atoms with Crippen LogP contribution in [0.4, 0.5) is 23.1 Å². The van der Waals surface area contributed by atoms with Gasteiger partial charge in [-0.15, -0.1) is 0 Å². The molecule has 2 N–H and O–H groups in total. The standard InChI is InChI=1S/C27H29N7/c28-25-26(33-17-15-32(16-18-33)24-13-7-8-14-29-24)30-21-31-27(25)34(19-22-9-3-1-4-10-22)20-23-11-5-2-6-12-23/h1-14,21H,15-20,28H2. The van der Waals surface area contributed by atoms with Gasteiger partial charge in [0.2, 0.25) is 0 Å². The average Bonchev–Trinajstić information content (AvgIpc) is 2.90. The lowest BCUT2D eigenvalue weighted by Crippen LogP contribution is -2.47. The molecule has 2 aromatic heterocycles. The molecule has 1 aliphatic rings. The third-order valence-corrected chi connectivity index (χ3v) is 6.13. The molecule has 34 heavy (non-hydrogen) atoms. The minimum absolute atomic E-state index is 0.626. The zero-order valence-corrected chi connectivity index (χ0v) is 19.2. The van der Waals surface area contributed by atoms with Gasteiger partial charge in [0.1, 0.15) is 17.8 Å². The summed E-state index contributed by atoms with van der Waals surface area (Å²) in [6.45, 7) is 4.82. The van der Waals surface area contributed by atoms with Crippen molar-refractivity contribution in [2.75, 3.05) is 46.6 Å². The van der Waals surface area contributed by atoms with Crippen LogP contribution in [0, 0.1) is 0 Å². The van der Waals surface area contributed by atoms with Crippen molar-refractivity contribution in [2.45, 2.75) is 13.1 Å². The molecule has 1 aliphatic heterocycles. The highest BCUT2D eigenvalue weighted by molar-refractivity contribution is 5.76. The van der Waals surface area contributed by atoms with Gasteiger partial charge in [-0.2, -0.15) is 0 Å². The molecular formula is C27H29N7. The van der Waals surface area contributed by atoms with Gasteiger partial charge < -0.3 is 20.4 Å². The van der Waals surface area contributed by atoms with Crippen LogP contribution in [0.3, 0.4) is 0 Å². The monoisotopic (exact) mass is 451 g/mol. The van der Waals surface area contributed by atoms with Gasteiger partial charge in [-0.25, -0.2) is 15.0 Å².